The van der Waals surface area contributed by atoms with Gasteiger partial charge >= 0.3 is 0 Å². The lowest BCUT2D eigenvalue weighted by molar-refractivity contribution is 0.155. The van der Waals surface area contributed by atoms with Gasteiger partial charge < -0.3 is 0 Å². The molecule has 0 N–H and O–H groups in total. The SMILES string of the molecule is CCB(C)CC(C)(C)C(C)(C)C. The summed E-state index contributed by atoms with van der Waals surface area (Å²) in [5.74, 6) is 0. The van der Waals surface area contributed by atoms with E-state index in [9.17, 15) is 0 Å². The Balaban J connectivity index is 4.22. The third-order valence-corrected chi connectivity index (χ3v) is 3.59. The molecule has 0 rings (SSSR count). The monoisotopic (exact) mass is 168 g/mol. The van der Waals surface area contributed by atoms with Crippen molar-refractivity contribution in [3.8, 4) is 0 Å². The summed E-state index contributed by atoms with van der Waals surface area (Å²) >= 11 is 0. The average molecular weight is 168 g/mol. The van der Waals surface area contributed by atoms with Gasteiger partial charge in [-0.25, -0.2) is 0 Å². The largest absolute Gasteiger partial charge is 0.136 e. The van der Waals surface area contributed by atoms with Gasteiger partial charge in [0.15, 0.2) is 0 Å². The van der Waals surface area contributed by atoms with E-state index in [4.69, 9.17) is 0 Å². The Hall–Kier alpha value is 0.0649. The molecule has 0 aromatic rings. The van der Waals surface area contributed by atoms with Crippen molar-refractivity contribution in [3.05, 3.63) is 0 Å². The zero-order valence-electron chi connectivity index (χ0n) is 9.99. The van der Waals surface area contributed by atoms with Crippen LogP contribution in [-0.4, -0.2) is 6.71 Å². The third kappa shape index (κ3) is 3.20. The van der Waals surface area contributed by atoms with Gasteiger partial charge in [0.1, 0.15) is 6.71 Å². The first-order chi connectivity index (χ1) is 5.20. The molecule has 0 aliphatic rings. The van der Waals surface area contributed by atoms with Crippen LogP contribution in [0.5, 0.6) is 0 Å². The predicted molar refractivity (Wildman–Crippen MR) is 60.1 cm³/mol. The number of rotatable bonds is 3. The van der Waals surface area contributed by atoms with Crippen LogP contribution < -0.4 is 0 Å². The van der Waals surface area contributed by atoms with Gasteiger partial charge in [-0.3, -0.25) is 0 Å². The Morgan fingerprint density at radius 1 is 1.00 bits per heavy atom. The summed E-state index contributed by atoms with van der Waals surface area (Å²) in [6.07, 6.45) is 2.65. The summed E-state index contributed by atoms with van der Waals surface area (Å²) in [5, 5.41) is 0. The molecule has 0 atom stereocenters. The second kappa shape index (κ2) is 3.85. The zero-order chi connectivity index (χ0) is 9.99. The smallest absolute Gasteiger partial charge is 0.0861 e. The molecule has 0 nitrogen and oxygen atoms in total. The Morgan fingerprint density at radius 3 is 1.67 bits per heavy atom. The number of hydrogen-bond acceptors (Lipinski definition) is 0. The van der Waals surface area contributed by atoms with Crippen LogP contribution in [0.2, 0.25) is 19.5 Å². The maximum Gasteiger partial charge on any atom is 0.136 e. The summed E-state index contributed by atoms with van der Waals surface area (Å²) < 4.78 is 0. The van der Waals surface area contributed by atoms with Crippen molar-refractivity contribution in [2.75, 3.05) is 0 Å². The van der Waals surface area contributed by atoms with E-state index in [1.165, 1.54) is 12.6 Å². The summed E-state index contributed by atoms with van der Waals surface area (Å²) in [6.45, 7) is 17.3. The fourth-order valence-electron chi connectivity index (χ4n) is 1.32. The molecule has 0 aromatic carbocycles. The molecule has 0 saturated carbocycles. The molecular formula is C11H25B. The van der Waals surface area contributed by atoms with Crippen molar-refractivity contribution in [2.45, 2.75) is 61.0 Å². The van der Waals surface area contributed by atoms with Crippen molar-refractivity contribution < 1.29 is 0 Å². The molecule has 1 heteroatoms. The molecule has 0 radical (unpaired) electrons. The highest BCUT2D eigenvalue weighted by molar-refractivity contribution is 6.57. The van der Waals surface area contributed by atoms with Gasteiger partial charge in [0.2, 0.25) is 0 Å². The van der Waals surface area contributed by atoms with Crippen molar-refractivity contribution in [1.29, 1.82) is 0 Å². The molecule has 0 bridgehead atoms. The van der Waals surface area contributed by atoms with E-state index < -0.39 is 0 Å². The topological polar surface area (TPSA) is 0 Å². The first-order valence-electron chi connectivity index (χ1n) is 5.20. The normalized spacial score (nSPS) is 13.2. The Morgan fingerprint density at radius 2 is 1.42 bits per heavy atom. The van der Waals surface area contributed by atoms with Crippen molar-refractivity contribution in [1.82, 2.24) is 0 Å². The molecule has 0 aliphatic carbocycles. The van der Waals surface area contributed by atoms with Gasteiger partial charge in [-0.1, -0.05) is 61.0 Å². The van der Waals surface area contributed by atoms with Crippen molar-refractivity contribution in [2.24, 2.45) is 10.8 Å². The molecule has 12 heavy (non-hydrogen) atoms. The van der Waals surface area contributed by atoms with Gasteiger partial charge in [-0.15, -0.1) is 0 Å². The highest BCUT2D eigenvalue weighted by atomic mass is 14.3. The summed E-state index contributed by atoms with van der Waals surface area (Å²) in [4.78, 5) is 0. The first kappa shape index (κ1) is 12.1. The molecule has 0 saturated heterocycles. The minimum Gasteiger partial charge on any atom is -0.0861 e. The fraction of sp³-hybridized carbons (Fsp3) is 1.00. The molecule has 0 unspecified atom stereocenters. The Bertz CT molecular complexity index is 130. The molecule has 0 aromatic heterocycles. The van der Waals surface area contributed by atoms with E-state index in [1.807, 2.05) is 0 Å². The lowest BCUT2D eigenvalue weighted by Crippen LogP contribution is -2.33. The second-order valence-corrected chi connectivity index (χ2v) is 5.85. The third-order valence-electron chi connectivity index (χ3n) is 3.59. The van der Waals surface area contributed by atoms with E-state index >= 15 is 0 Å². The summed E-state index contributed by atoms with van der Waals surface area (Å²) in [6, 6.07) is 0. The highest BCUT2D eigenvalue weighted by Gasteiger charge is 2.33. The van der Waals surface area contributed by atoms with Crippen LogP contribution in [0.25, 0.3) is 0 Å². The minimum atomic E-state index is 0.427. The van der Waals surface area contributed by atoms with Crippen molar-refractivity contribution in [3.63, 3.8) is 0 Å². The Kier molecular flexibility index (Phi) is 3.87. The molecule has 0 fully saturated rings. The first-order valence-corrected chi connectivity index (χ1v) is 5.20. The van der Waals surface area contributed by atoms with E-state index in [0.29, 0.717) is 10.8 Å². The van der Waals surface area contributed by atoms with E-state index in [1.54, 1.807) is 0 Å². The molecule has 0 spiro atoms. The maximum atomic E-state index is 2.39. The van der Waals surface area contributed by atoms with Gasteiger partial charge in [0.05, 0.1) is 0 Å². The van der Waals surface area contributed by atoms with Crippen LogP contribution >= 0.6 is 0 Å². The quantitative estimate of drug-likeness (QED) is 0.554. The summed E-state index contributed by atoms with van der Waals surface area (Å²) in [5.41, 5.74) is 0.888. The standard InChI is InChI=1S/C11H25B/c1-8-12(7)9-11(5,6)10(2,3)4/h8-9H2,1-7H3. The van der Waals surface area contributed by atoms with Crippen LogP contribution in [0, 0.1) is 10.8 Å². The molecule has 0 aliphatic heterocycles. The second-order valence-electron chi connectivity index (χ2n) is 5.85. The molecule has 0 amide bonds. The molecule has 0 heterocycles. The van der Waals surface area contributed by atoms with Crippen LogP contribution in [0.1, 0.15) is 41.5 Å². The minimum absolute atomic E-state index is 0.427. The highest BCUT2D eigenvalue weighted by Crippen LogP contribution is 2.42. The Labute approximate surface area is 79.2 Å². The number of hydrogen-bond donors (Lipinski definition) is 0. The van der Waals surface area contributed by atoms with Gasteiger partial charge in [0, 0.05) is 0 Å². The molecular weight excluding hydrogens is 143 g/mol. The van der Waals surface area contributed by atoms with Crippen LogP contribution in [0.4, 0.5) is 0 Å². The molecule has 72 valence electrons. The fourth-order valence-corrected chi connectivity index (χ4v) is 1.32. The van der Waals surface area contributed by atoms with E-state index in [2.05, 4.69) is 48.4 Å². The van der Waals surface area contributed by atoms with Crippen molar-refractivity contribution >= 4 is 6.71 Å². The lowest BCUT2D eigenvalue weighted by Gasteiger charge is -2.40. The van der Waals surface area contributed by atoms with Crippen LogP contribution in [-0.2, 0) is 0 Å². The summed E-state index contributed by atoms with van der Waals surface area (Å²) in [7, 11) is 0. The average Bonchev–Trinajstić information content (AvgIpc) is 1.84. The van der Waals surface area contributed by atoms with Crippen LogP contribution in [0.3, 0.4) is 0 Å². The van der Waals surface area contributed by atoms with Crippen LogP contribution in [0.15, 0.2) is 0 Å². The lowest BCUT2D eigenvalue weighted by atomic mass is 9.41. The predicted octanol–water partition coefficient (Wildman–Crippen LogP) is 4.20. The van der Waals surface area contributed by atoms with Gasteiger partial charge in [0.25, 0.3) is 0 Å². The van der Waals surface area contributed by atoms with Gasteiger partial charge in [-0.2, -0.15) is 0 Å². The zero-order valence-corrected chi connectivity index (χ0v) is 9.99. The van der Waals surface area contributed by atoms with E-state index in [-0.39, 0.29) is 0 Å². The van der Waals surface area contributed by atoms with Gasteiger partial charge in [-0.05, 0) is 10.8 Å². The maximum absolute atomic E-state index is 2.39. The van der Waals surface area contributed by atoms with E-state index in [0.717, 1.165) is 6.71 Å².